The van der Waals surface area contributed by atoms with Crippen LogP contribution in [0.5, 0.6) is 0 Å². The van der Waals surface area contributed by atoms with Gasteiger partial charge < -0.3 is 15.0 Å². The molecule has 1 aliphatic rings. The molecule has 0 aliphatic heterocycles. The van der Waals surface area contributed by atoms with Gasteiger partial charge in [0.15, 0.2) is 0 Å². The lowest BCUT2D eigenvalue weighted by molar-refractivity contribution is 0.0527. The van der Waals surface area contributed by atoms with Gasteiger partial charge in [-0.3, -0.25) is 0 Å². The molecule has 0 fully saturated rings. The van der Waals surface area contributed by atoms with E-state index in [-0.39, 0.29) is 12.5 Å². The van der Waals surface area contributed by atoms with Crippen LogP contribution in [0.3, 0.4) is 0 Å². The maximum absolute atomic E-state index is 12.9. The highest BCUT2D eigenvalue weighted by Crippen LogP contribution is 2.41. The highest BCUT2D eigenvalue weighted by molar-refractivity contribution is 6.09. The average Bonchev–Trinajstić information content (AvgIpc) is 3.44. The van der Waals surface area contributed by atoms with Crippen LogP contribution in [-0.2, 0) is 18.3 Å². The van der Waals surface area contributed by atoms with E-state index in [4.69, 9.17) is 10.5 Å². The standard InChI is InChI=1S/C28H28N2O2/c1-3-32-28(31)27-24-15-22(19-10-4-5-11-19)23(16-25(24)30(2)26(27)17-29)21-14-8-12-18-9-6-7-13-20(18)21/h6-10,12-16H,3-5,11,17,29H2,1-2H3. The third kappa shape index (κ3) is 3.23. The van der Waals surface area contributed by atoms with E-state index < -0.39 is 0 Å². The van der Waals surface area contributed by atoms with E-state index in [1.165, 1.54) is 33.0 Å². The number of carbonyl (C=O) groups is 1. The maximum atomic E-state index is 12.9. The van der Waals surface area contributed by atoms with E-state index in [2.05, 4.69) is 60.7 Å². The van der Waals surface area contributed by atoms with E-state index in [1.54, 1.807) is 0 Å². The predicted octanol–water partition coefficient (Wildman–Crippen LogP) is 6.20. The molecule has 0 spiro atoms. The number of aryl methyl sites for hydroxylation is 1. The van der Waals surface area contributed by atoms with Crippen molar-refractivity contribution in [1.82, 2.24) is 4.57 Å². The summed E-state index contributed by atoms with van der Waals surface area (Å²) >= 11 is 0. The summed E-state index contributed by atoms with van der Waals surface area (Å²) in [6.07, 6.45) is 5.65. The molecule has 162 valence electrons. The average molecular weight is 425 g/mol. The van der Waals surface area contributed by atoms with E-state index in [1.807, 2.05) is 18.5 Å². The lowest BCUT2D eigenvalue weighted by Crippen LogP contribution is -2.12. The van der Waals surface area contributed by atoms with Gasteiger partial charge in [0.2, 0.25) is 0 Å². The fourth-order valence-corrected chi connectivity index (χ4v) is 5.07. The Morgan fingerprint density at radius 3 is 2.59 bits per heavy atom. The lowest BCUT2D eigenvalue weighted by Gasteiger charge is -2.15. The summed E-state index contributed by atoms with van der Waals surface area (Å²) in [4.78, 5) is 12.9. The van der Waals surface area contributed by atoms with Crippen molar-refractivity contribution in [2.45, 2.75) is 32.7 Å². The predicted molar refractivity (Wildman–Crippen MR) is 132 cm³/mol. The van der Waals surface area contributed by atoms with Crippen molar-refractivity contribution in [3.63, 3.8) is 0 Å². The first-order chi connectivity index (χ1) is 15.6. The molecular weight excluding hydrogens is 396 g/mol. The molecule has 2 N–H and O–H groups in total. The molecule has 1 aromatic heterocycles. The molecule has 0 saturated heterocycles. The molecule has 0 unspecified atom stereocenters. The second kappa shape index (κ2) is 8.29. The number of nitrogens with zero attached hydrogens (tertiary/aromatic N) is 1. The van der Waals surface area contributed by atoms with Crippen molar-refractivity contribution in [1.29, 1.82) is 0 Å². The number of aromatic nitrogens is 1. The minimum atomic E-state index is -0.303. The van der Waals surface area contributed by atoms with Gasteiger partial charge in [0.1, 0.15) is 0 Å². The van der Waals surface area contributed by atoms with Crippen LogP contribution in [0.1, 0.15) is 47.8 Å². The first-order valence-electron chi connectivity index (χ1n) is 11.3. The van der Waals surface area contributed by atoms with Gasteiger partial charge in [-0.2, -0.15) is 0 Å². The Kier molecular flexibility index (Phi) is 5.32. The van der Waals surface area contributed by atoms with Crippen LogP contribution in [0.4, 0.5) is 0 Å². The second-order valence-electron chi connectivity index (χ2n) is 8.37. The molecule has 4 nitrogen and oxygen atoms in total. The number of nitrogens with two attached hydrogens (primary N) is 1. The van der Waals surface area contributed by atoms with E-state index >= 15 is 0 Å². The second-order valence-corrected chi connectivity index (χ2v) is 8.37. The number of hydrogen-bond donors (Lipinski definition) is 1. The molecule has 0 amide bonds. The zero-order valence-electron chi connectivity index (χ0n) is 18.7. The third-order valence-corrected chi connectivity index (χ3v) is 6.60. The monoisotopic (exact) mass is 424 g/mol. The maximum Gasteiger partial charge on any atom is 0.340 e. The molecular formula is C28H28N2O2. The zero-order valence-corrected chi connectivity index (χ0v) is 18.7. The molecule has 5 rings (SSSR count). The number of carbonyl (C=O) groups excluding carboxylic acids is 1. The smallest absolute Gasteiger partial charge is 0.340 e. The molecule has 0 radical (unpaired) electrons. The summed E-state index contributed by atoms with van der Waals surface area (Å²) in [7, 11) is 1.98. The van der Waals surface area contributed by atoms with Crippen molar-refractivity contribution < 1.29 is 9.53 Å². The number of rotatable bonds is 5. The van der Waals surface area contributed by atoms with Crippen LogP contribution in [0, 0.1) is 0 Å². The normalized spacial score (nSPS) is 13.7. The fourth-order valence-electron chi connectivity index (χ4n) is 5.07. The Balaban J connectivity index is 1.86. The number of ether oxygens (including phenoxy) is 1. The summed E-state index contributed by atoms with van der Waals surface area (Å²) < 4.78 is 7.45. The van der Waals surface area contributed by atoms with Crippen LogP contribution >= 0.6 is 0 Å². The summed E-state index contributed by atoms with van der Waals surface area (Å²) in [6, 6.07) is 19.4. The fraction of sp³-hybridized carbons (Fsp3) is 0.250. The first-order valence-corrected chi connectivity index (χ1v) is 11.3. The molecule has 0 bridgehead atoms. The summed E-state index contributed by atoms with van der Waals surface area (Å²) in [5, 5.41) is 3.37. The molecule has 4 aromatic rings. The van der Waals surface area contributed by atoms with Crippen molar-refractivity contribution in [2.75, 3.05) is 6.61 Å². The van der Waals surface area contributed by atoms with Gasteiger partial charge >= 0.3 is 5.97 Å². The Morgan fingerprint density at radius 2 is 1.84 bits per heavy atom. The number of allylic oxidation sites excluding steroid dienone is 2. The van der Waals surface area contributed by atoms with Crippen molar-refractivity contribution in [3.8, 4) is 11.1 Å². The summed E-state index contributed by atoms with van der Waals surface area (Å²) in [5.74, 6) is -0.303. The van der Waals surface area contributed by atoms with Crippen molar-refractivity contribution in [2.24, 2.45) is 12.8 Å². The Hall–Kier alpha value is -3.37. The van der Waals surface area contributed by atoms with Gasteiger partial charge in [0.05, 0.1) is 12.2 Å². The van der Waals surface area contributed by atoms with Crippen LogP contribution in [0.2, 0.25) is 0 Å². The molecule has 32 heavy (non-hydrogen) atoms. The molecule has 4 heteroatoms. The number of benzene rings is 3. The van der Waals surface area contributed by atoms with Crippen molar-refractivity contribution >= 4 is 33.2 Å². The minimum Gasteiger partial charge on any atom is -0.462 e. The van der Waals surface area contributed by atoms with E-state index in [9.17, 15) is 4.79 Å². The Morgan fingerprint density at radius 1 is 1.03 bits per heavy atom. The van der Waals surface area contributed by atoms with Crippen LogP contribution < -0.4 is 5.73 Å². The summed E-state index contributed by atoms with van der Waals surface area (Å²) in [5.41, 5.74) is 13.4. The Bertz CT molecular complexity index is 1370. The van der Waals surface area contributed by atoms with Gasteiger partial charge in [-0.15, -0.1) is 0 Å². The van der Waals surface area contributed by atoms with Crippen molar-refractivity contribution in [3.05, 3.63) is 77.5 Å². The zero-order chi connectivity index (χ0) is 22.2. The first kappa shape index (κ1) is 20.5. The molecule has 0 atom stereocenters. The highest BCUT2D eigenvalue weighted by atomic mass is 16.5. The largest absolute Gasteiger partial charge is 0.462 e. The molecule has 1 heterocycles. The molecule has 0 saturated carbocycles. The van der Waals surface area contributed by atoms with Crippen LogP contribution in [-0.4, -0.2) is 17.1 Å². The topological polar surface area (TPSA) is 57.2 Å². The lowest BCUT2D eigenvalue weighted by atomic mass is 9.89. The SMILES string of the molecule is CCOC(=O)c1c(CN)n(C)c2cc(-c3cccc4ccccc34)c(C3=CCCC3)cc12. The van der Waals surface area contributed by atoms with Crippen LogP contribution in [0.15, 0.2) is 60.7 Å². The van der Waals surface area contributed by atoms with Gasteiger partial charge in [-0.25, -0.2) is 4.79 Å². The van der Waals surface area contributed by atoms with Gasteiger partial charge in [0.25, 0.3) is 0 Å². The van der Waals surface area contributed by atoms with Crippen LogP contribution in [0.25, 0.3) is 38.4 Å². The van der Waals surface area contributed by atoms with E-state index in [0.717, 1.165) is 35.9 Å². The van der Waals surface area contributed by atoms with Gasteiger partial charge in [0, 0.05) is 30.2 Å². The quantitative estimate of drug-likeness (QED) is 0.388. The highest BCUT2D eigenvalue weighted by Gasteiger charge is 2.24. The van der Waals surface area contributed by atoms with Gasteiger partial charge in [-0.1, -0.05) is 48.5 Å². The van der Waals surface area contributed by atoms with Gasteiger partial charge in [-0.05, 0) is 71.4 Å². The molecule has 1 aliphatic carbocycles. The third-order valence-electron chi connectivity index (χ3n) is 6.60. The number of hydrogen-bond acceptors (Lipinski definition) is 3. The summed E-state index contributed by atoms with van der Waals surface area (Å²) in [6.45, 7) is 2.45. The number of esters is 1. The Labute approximate surface area is 188 Å². The minimum absolute atomic E-state index is 0.279. The molecule has 3 aromatic carbocycles. The number of fused-ring (bicyclic) bond motifs is 2. The van der Waals surface area contributed by atoms with E-state index in [0.29, 0.717) is 12.2 Å².